The minimum atomic E-state index is -3.49. The number of hydrogen-bond acceptors (Lipinski definition) is 5. The summed E-state index contributed by atoms with van der Waals surface area (Å²) in [4.78, 5) is 0. The zero-order chi connectivity index (χ0) is 12.6. The molecular weight excluding hydrogens is 254 g/mol. The molecule has 96 valence electrons. The van der Waals surface area contributed by atoms with Gasteiger partial charge < -0.3 is 0 Å². The maximum absolute atomic E-state index is 11.9. The normalized spacial score (nSPS) is 20.0. The fraction of sp³-hybridized carbons (Fsp3) is 1.00. The zero-order valence-electron chi connectivity index (χ0n) is 9.63. The van der Waals surface area contributed by atoms with Crippen LogP contribution >= 0.6 is 0 Å². The Bertz CT molecular complexity index is 447. The van der Waals surface area contributed by atoms with Crippen molar-refractivity contribution in [2.75, 3.05) is 27.0 Å². The van der Waals surface area contributed by atoms with Gasteiger partial charge in [-0.05, 0) is 19.3 Å². The summed E-state index contributed by atoms with van der Waals surface area (Å²) < 4.78 is 50.2. The average Bonchev–Trinajstić information content (AvgIpc) is 2.83. The lowest BCUT2D eigenvalue weighted by Crippen LogP contribution is -2.36. The third kappa shape index (κ3) is 2.93. The van der Waals surface area contributed by atoms with Gasteiger partial charge in [0.15, 0.2) is 0 Å². The molecule has 1 rings (SSSR count). The molecule has 0 aromatic carbocycles. The van der Waals surface area contributed by atoms with E-state index in [4.69, 9.17) is 0 Å². The molecule has 0 heterocycles. The van der Waals surface area contributed by atoms with Crippen molar-refractivity contribution in [3.05, 3.63) is 0 Å². The van der Waals surface area contributed by atoms with Crippen LogP contribution in [-0.2, 0) is 24.3 Å². The first-order valence-corrected chi connectivity index (χ1v) is 8.13. The van der Waals surface area contributed by atoms with E-state index in [1.54, 1.807) is 0 Å². The standard InChI is InChI=1S/C8H17NO5S2/c1-9(2)16(12,13)8(4-5-8)6-7-14-15(3,10)11/h4-7H2,1-3H3. The molecule has 16 heavy (non-hydrogen) atoms. The van der Waals surface area contributed by atoms with Gasteiger partial charge in [0.05, 0.1) is 17.6 Å². The number of nitrogens with zero attached hydrogens (tertiary/aromatic N) is 1. The second-order valence-electron chi connectivity index (χ2n) is 4.25. The molecule has 1 saturated carbocycles. The van der Waals surface area contributed by atoms with Gasteiger partial charge in [-0.1, -0.05) is 0 Å². The van der Waals surface area contributed by atoms with Crippen molar-refractivity contribution >= 4 is 20.1 Å². The van der Waals surface area contributed by atoms with Crippen LogP contribution in [0.2, 0.25) is 0 Å². The highest BCUT2D eigenvalue weighted by molar-refractivity contribution is 7.90. The van der Waals surface area contributed by atoms with Crippen LogP contribution in [-0.4, -0.2) is 52.8 Å². The first kappa shape index (κ1) is 13.9. The van der Waals surface area contributed by atoms with Gasteiger partial charge in [-0.2, -0.15) is 8.42 Å². The fourth-order valence-corrected chi connectivity index (χ4v) is 3.66. The van der Waals surface area contributed by atoms with Crippen LogP contribution in [0.1, 0.15) is 19.3 Å². The topological polar surface area (TPSA) is 80.8 Å². The van der Waals surface area contributed by atoms with E-state index in [-0.39, 0.29) is 13.0 Å². The first-order chi connectivity index (χ1) is 7.11. The second-order valence-corrected chi connectivity index (χ2v) is 8.44. The molecule has 0 aromatic heterocycles. The van der Waals surface area contributed by atoms with Crippen LogP contribution in [0.4, 0.5) is 0 Å². The monoisotopic (exact) mass is 271 g/mol. The molecule has 1 aliphatic carbocycles. The van der Waals surface area contributed by atoms with E-state index in [1.165, 1.54) is 18.4 Å². The van der Waals surface area contributed by atoms with E-state index in [9.17, 15) is 16.8 Å². The van der Waals surface area contributed by atoms with Crippen molar-refractivity contribution < 1.29 is 21.0 Å². The molecule has 1 fully saturated rings. The van der Waals surface area contributed by atoms with Gasteiger partial charge in [0.25, 0.3) is 10.1 Å². The average molecular weight is 271 g/mol. The Morgan fingerprint density at radius 1 is 1.19 bits per heavy atom. The Morgan fingerprint density at radius 3 is 2.00 bits per heavy atom. The molecular formula is C8H17NO5S2. The molecule has 1 aliphatic rings. The highest BCUT2D eigenvalue weighted by Crippen LogP contribution is 2.47. The summed E-state index contributed by atoms with van der Waals surface area (Å²) >= 11 is 0. The molecule has 0 spiro atoms. The van der Waals surface area contributed by atoms with Crippen LogP contribution < -0.4 is 0 Å². The maximum Gasteiger partial charge on any atom is 0.264 e. The van der Waals surface area contributed by atoms with Gasteiger partial charge in [0.1, 0.15) is 0 Å². The molecule has 0 radical (unpaired) electrons. The number of sulfonamides is 1. The van der Waals surface area contributed by atoms with Crippen LogP contribution in [0.25, 0.3) is 0 Å². The lowest BCUT2D eigenvalue weighted by Gasteiger charge is -2.20. The highest BCUT2D eigenvalue weighted by atomic mass is 32.2. The Hall–Kier alpha value is -0.180. The van der Waals surface area contributed by atoms with Crippen molar-refractivity contribution in [2.45, 2.75) is 24.0 Å². The molecule has 0 bridgehead atoms. The van der Waals surface area contributed by atoms with Crippen LogP contribution in [0.3, 0.4) is 0 Å². The first-order valence-electron chi connectivity index (χ1n) is 4.87. The van der Waals surface area contributed by atoms with Crippen molar-refractivity contribution in [2.24, 2.45) is 0 Å². The molecule has 0 aromatic rings. The summed E-state index contributed by atoms with van der Waals surface area (Å²) in [6.45, 7) is -0.0775. The van der Waals surface area contributed by atoms with Gasteiger partial charge in [0.2, 0.25) is 10.0 Å². The smallest absolute Gasteiger partial charge is 0.264 e. The molecule has 0 atom stereocenters. The predicted octanol–water partition coefficient (Wildman–Crippen LogP) is -0.223. The summed E-state index contributed by atoms with van der Waals surface area (Å²) in [5.41, 5.74) is 0. The maximum atomic E-state index is 11.9. The van der Waals surface area contributed by atoms with Crippen molar-refractivity contribution in [1.82, 2.24) is 4.31 Å². The van der Waals surface area contributed by atoms with E-state index < -0.39 is 24.9 Å². The lowest BCUT2D eigenvalue weighted by molar-refractivity contribution is 0.308. The van der Waals surface area contributed by atoms with Crippen molar-refractivity contribution in [1.29, 1.82) is 0 Å². The minimum Gasteiger partial charge on any atom is -0.270 e. The largest absolute Gasteiger partial charge is 0.270 e. The third-order valence-electron chi connectivity index (χ3n) is 2.69. The van der Waals surface area contributed by atoms with Crippen molar-refractivity contribution in [3.8, 4) is 0 Å². The fourth-order valence-electron chi connectivity index (χ4n) is 1.54. The van der Waals surface area contributed by atoms with E-state index in [0.29, 0.717) is 12.8 Å². The Balaban J connectivity index is 2.62. The van der Waals surface area contributed by atoms with E-state index in [1.807, 2.05) is 0 Å². The second kappa shape index (κ2) is 4.25. The molecule has 6 nitrogen and oxygen atoms in total. The van der Waals surface area contributed by atoms with Crippen molar-refractivity contribution in [3.63, 3.8) is 0 Å². The molecule has 0 N–H and O–H groups in total. The van der Waals surface area contributed by atoms with Crippen LogP contribution in [0.5, 0.6) is 0 Å². The number of rotatable bonds is 6. The zero-order valence-corrected chi connectivity index (χ0v) is 11.3. The number of hydrogen-bond donors (Lipinski definition) is 0. The molecule has 0 saturated heterocycles. The van der Waals surface area contributed by atoms with Gasteiger partial charge >= 0.3 is 0 Å². The Morgan fingerprint density at radius 2 is 1.69 bits per heavy atom. The van der Waals surface area contributed by atoms with Gasteiger partial charge in [-0.25, -0.2) is 12.7 Å². The highest BCUT2D eigenvalue weighted by Gasteiger charge is 2.55. The molecule has 0 amide bonds. The van der Waals surface area contributed by atoms with Crippen LogP contribution in [0.15, 0.2) is 0 Å². The third-order valence-corrected chi connectivity index (χ3v) is 5.95. The van der Waals surface area contributed by atoms with Gasteiger partial charge in [-0.15, -0.1) is 0 Å². The Kier molecular flexibility index (Phi) is 3.68. The summed E-state index contributed by atoms with van der Waals surface area (Å²) in [5.74, 6) is 0. The quantitative estimate of drug-likeness (QED) is 0.624. The summed E-state index contributed by atoms with van der Waals surface area (Å²) in [6.07, 6.45) is 2.31. The molecule has 0 unspecified atom stereocenters. The molecule has 0 aliphatic heterocycles. The SMILES string of the molecule is CN(C)S(=O)(=O)C1(CCOS(C)(=O)=O)CC1. The van der Waals surface area contributed by atoms with Gasteiger partial charge in [-0.3, -0.25) is 4.18 Å². The minimum absolute atomic E-state index is 0.0775. The summed E-state index contributed by atoms with van der Waals surface area (Å²) in [6, 6.07) is 0. The van der Waals surface area contributed by atoms with E-state index >= 15 is 0 Å². The predicted molar refractivity (Wildman–Crippen MR) is 60.0 cm³/mol. The van der Waals surface area contributed by atoms with E-state index in [0.717, 1.165) is 6.26 Å². The summed E-state index contributed by atoms with van der Waals surface area (Å²) in [5, 5.41) is 0. The lowest BCUT2D eigenvalue weighted by atomic mass is 10.3. The Labute approximate surface area is 96.8 Å². The van der Waals surface area contributed by atoms with Crippen LogP contribution in [0, 0.1) is 0 Å². The van der Waals surface area contributed by atoms with E-state index in [2.05, 4.69) is 4.18 Å². The van der Waals surface area contributed by atoms with Gasteiger partial charge in [0, 0.05) is 14.1 Å². The summed E-state index contributed by atoms with van der Waals surface area (Å²) in [7, 11) is -3.86. The molecule has 8 heteroatoms.